The second-order valence-electron chi connectivity index (χ2n) is 5.03. The van der Waals surface area contributed by atoms with E-state index in [2.05, 4.69) is 5.32 Å². The molecular weight excluding hydrogens is 276 g/mol. The van der Waals surface area contributed by atoms with Gasteiger partial charge in [-0.15, -0.1) is 11.3 Å². The number of thiophene rings is 1. The van der Waals surface area contributed by atoms with E-state index in [9.17, 15) is 14.7 Å². The number of carboxylic acids is 1. The second-order valence-corrected chi connectivity index (χ2v) is 6.03. The predicted octanol–water partition coefficient (Wildman–Crippen LogP) is 1.50. The van der Waals surface area contributed by atoms with Gasteiger partial charge in [0.25, 0.3) is 0 Å². The summed E-state index contributed by atoms with van der Waals surface area (Å²) in [5, 5.41) is 14.5. The normalized spacial score (nSPS) is 19.5. The smallest absolute Gasteiger partial charge is 0.331 e. The highest BCUT2D eigenvalue weighted by atomic mass is 32.1. The van der Waals surface area contributed by atoms with Crippen LogP contribution in [0.3, 0.4) is 0 Å². The lowest BCUT2D eigenvalue weighted by molar-refractivity contribution is -0.152. The van der Waals surface area contributed by atoms with Crippen molar-refractivity contribution in [1.29, 1.82) is 0 Å². The van der Waals surface area contributed by atoms with Crippen molar-refractivity contribution in [3.05, 3.63) is 21.9 Å². The van der Waals surface area contributed by atoms with Crippen molar-refractivity contribution in [2.24, 2.45) is 5.92 Å². The number of carboxylic acid groups (broad SMARTS) is 1. The Bertz CT molecular complexity index is 500. The number of carbonyl (C=O) groups excluding carboxylic acids is 1. The minimum Gasteiger partial charge on any atom is -0.479 e. The molecule has 0 aliphatic carbocycles. The number of nitrogens with zero attached hydrogens (tertiary/aromatic N) is 1. The first-order chi connectivity index (χ1) is 9.56. The van der Waals surface area contributed by atoms with Gasteiger partial charge in [-0.3, -0.25) is 4.79 Å². The quantitative estimate of drug-likeness (QED) is 0.864. The molecule has 0 aromatic carbocycles. The highest BCUT2D eigenvalue weighted by molar-refractivity contribution is 7.10. The Morgan fingerprint density at radius 2 is 2.35 bits per heavy atom. The standard InChI is InChI=1S/C14H20N2O3S/c1-3-15-8-9(2)13(17)16-6-4-11-10(5-7-20-11)12(16)14(18)19/h5,7,9,12,15H,3-4,6,8H2,1-2H3,(H,18,19). The Labute approximate surface area is 122 Å². The van der Waals surface area contributed by atoms with E-state index >= 15 is 0 Å². The van der Waals surface area contributed by atoms with E-state index in [1.807, 2.05) is 25.3 Å². The summed E-state index contributed by atoms with van der Waals surface area (Å²) in [6.45, 7) is 5.69. The number of amides is 1. The highest BCUT2D eigenvalue weighted by Gasteiger charge is 2.37. The monoisotopic (exact) mass is 296 g/mol. The summed E-state index contributed by atoms with van der Waals surface area (Å²) in [6, 6.07) is 0.995. The van der Waals surface area contributed by atoms with Gasteiger partial charge in [0.05, 0.1) is 0 Å². The van der Waals surface area contributed by atoms with Crippen molar-refractivity contribution in [3.8, 4) is 0 Å². The van der Waals surface area contributed by atoms with Gasteiger partial charge in [-0.25, -0.2) is 4.79 Å². The van der Waals surface area contributed by atoms with Crippen molar-refractivity contribution >= 4 is 23.2 Å². The van der Waals surface area contributed by atoms with Crippen LogP contribution < -0.4 is 5.32 Å². The first-order valence-corrected chi connectivity index (χ1v) is 7.74. The molecule has 2 N–H and O–H groups in total. The maximum absolute atomic E-state index is 12.5. The number of rotatable bonds is 5. The molecule has 0 spiro atoms. The van der Waals surface area contributed by atoms with Crippen molar-refractivity contribution in [3.63, 3.8) is 0 Å². The Kier molecular flexibility index (Phi) is 4.77. The number of hydrogen-bond donors (Lipinski definition) is 2. The first kappa shape index (κ1) is 15.0. The van der Waals surface area contributed by atoms with Crippen LogP contribution in [0.4, 0.5) is 0 Å². The van der Waals surface area contributed by atoms with Gasteiger partial charge in [0.2, 0.25) is 5.91 Å². The molecule has 0 saturated heterocycles. The van der Waals surface area contributed by atoms with E-state index in [4.69, 9.17) is 0 Å². The van der Waals surface area contributed by atoms with Crippen LogP contribution in [0.25, 0.3) is 0 Å². The van der Waals surface area contributed by atoms with Crippen LogP contribution in [0.15, 0.2) is 11.4 Å². The summed E-state index contributed by atoms with van der Waals surface area (Å²) in [5.74, 6) is -1.25. The minimum absolute atomic E-state index is 0.0878. The van der Waals surface area contributed by atoms with Crippen LogP contribution in [0.2, 0.25) is 0 Å². The summed E-state index contributed by atoms with van der Waals surface area (Å²) in [6.07, 6.45) is 0.746. The van der Waals surface area contributed by atoms with Gasteiger partial charge in [0.15, 0.2) is 6.04 Å². The number of aliphatic carboxylic acids is 1. The molecule has 6 heteroatoms. The molecule has 0 fully saturated rings. The van der Waals surface area contributed by atoms with Crippen molar-refractivity contribution in [1.82, 2.24) is 10.2 Å². The fourth-order valence-corrected chi connectivity index (χ4v) is 3.46. The van der Waals surface area contributed by atoms with E-state index in [1.54, 1.807) is 11.3 Å². The zero-order chi connectivity index (χ0) is 14.7. The first-order valence-electron chi connectivity index (χ1n) is 6.86. The lowest BCUT2D eigenvalue weighted by atomic mass is 9.98. The Morgan fingerprint density at radius 3 is 3.00 bits per heavy atom. The van der Waals surface area contributed by atoms with Crippen LogP contribution in [0, 0.1) is 5.92 Å². The summed E-state index contributed by atoms with van der Waals surface area (Å²) in [7, 11) is 0. The van der Waals surface area contributed by atoms with Gasteiger partial charge in [-0.05, 0) is 30.0 Å². The molecule has 0 bridgehead atoms. The summed E-state index contributed by atoms with van der Waals surface area (Å²) in [4.78, 5) is 26.6. The van der Waals surface area contributed by atoms with Crippen molar-refractivity contribution in [2.75, 3.05) is 19.6 Å². The lowest BCUT2D eigenvalue weighted by Crippen LogP contribution is -2.46. The lowest BCUT2D eigenvalue weighted by Gasteiger charge is -2.35. The number of hydrogen-bond acceptors (Lipinski definition) is 4. The molecule has 0 saturated carbocycles. The molecule has 110 valence electrons. The third-order valence-electron chi connectivity index (χ3n) is 3.60. The Morgan fingerprint density at radius 1 is 1.60 bits per heavy atom. The topological polar surface area (TPSA) is 69.6 Å². The molecule has 2 heterocycles. The molecule has 2 atom stereocenters. The van der Waals surface area contributed by atoms with Crippen LogP contribution >= 0.6 is 11.3 Å². The number of fused-ring (bicyclic) bond motifs is 1. The molecule has 2 rings (SSSR count). The molecular formula is C14H20N2O3S. The van der Waals surface area contributed by atoms with Gasteiger partial charge in [0.1, 0.15) is 0 Å². The fraction of sp³-hybridized carbons (Fsp3) is 0.571. The largest absolute Gasteiger partial charge is 0.479 e. The van der Waals surface area contributed by atoms with Crippen LogP contribution in [-0.2, 0) is 16.0 Å². The molecule has 1 aliphatic heterocycles. The van der Waals surface area contributed by atoms with Gasteiger partial charge in [0, 0.05) is 23.9 Å². The van der Waals surface area contributed by atoms with Gasteiger partial charge in [-0.2, -0.15) is 0 Å². The van der Waals surface area contributed by atoms with E-state index in [0.29, 0.717) is 13.1 Å². The summed E-state index contributed by atoms with van der Waals surface area (Å²) >= 11 is 1.57. The maximum atomic E-state index is 12.5. The maximum Gasteiger partial charge on any atom is 0.331 e. The zero-order valence-electron chi connectivity index (χ0n) is 11.8. The number of nitrogens with one attached hydrogen (secondary N) is 1. The van der Waals surface area contributed by atoms with E-state index in [0.717, 1.165) is 23.4 Å². The van der Waals surface area contributed by atoms with Crippen LogP contribution in [-0.4, -0.2) is 41.5 Å². The van der Waals surface area contributed by atoms with E-state index in [1.165, 1.54) is 4.90 Å². The molecule has 1 aromatic rings. The molecule has 5 nitrogen and oxygen atoms in total. The average molecular weight is 296 g/mol. The van der Waals surface area contributed by atoms with E-state index < -0.39 is 12.0 Å². The van der Waals surface area contributed by atoms with Gasteiger partial charge >= 0.3 is 5.97 Å². The molecule has 0 radical (unpaired) electrons. The third kappa shape index (κ3) is 2.86. The average Bonchev–Trinajstić information content (AvgIpc) is 2.90. The Hall–Kier alpha value is -1.40. The highest BCUT2D eigenvalue weighted by Crippen LogP contribution is 2.34. The Balaban J connectivity index is 2.19. The fourth-order valence-electron chi connectivity index (χ4n) is 2.55. The minimum atomic E-state index is -0.951. The number of carbonyl (C=O) groups is 2. The van der Waals surface area contributed by atoms with Crippen molar-refractivity contribution < 1.29 is 14.7 Å². The van der Waals surface area contributed by atoms with Crippen LogP contribution in [0.5, 0.6) is 0 Å². The predicted molar refractivity (Wildman–Crippen MR) is 77.8 cm³/mol. The zero-order valence-corrected chi connectivity index (χ0v) is 12.6. The van der Waals surface area contributed by atoms with Gasteiger partial charge < -0.3 is 15.3 Å². The molecule has 1 aromatic heterocycles. The van der Waals surface area contributed by atoms with Crippen molar-refractivity contribution in [2.45, 2.75) is 26.3 Å². The van der Waals surface area contributed by atoms with E-state index in [-0.39, 0.29) is 11.8 Å². The van der Waals surface area contributed by atoms with Gasteiger partial charge in [-0.1, -0.05) is 13.8 Å². The molecule has 2 unspecified atom stereocenters. The molecule has 1 aliphatic rings. The summed E-state index contributed by atoms with van der Waals surface area (Å²) < 4.78 is 0. The third-order valence-corrected chi connectivity index (χ3v) is 4.60. The second kappa shape index (κ2) is 6.37. The van der Waals surface area contributed by atoms with Crippen LogP contribution in [0.1, 0.15) is 30.3 Å². The summed E-state index contributed by atoms with van der Waals surface area (Å²) in [5.41, 5.74) is 0.776. The SMILES string of the molecule is CCNCC(C)C(=O)N1CCc2sccc2C1C(=O)O. The molecule has 1 amide bonds. The molecule has 20 heavy (non-hydrogen) atoms.